The van der Waals surface area contributed by atoms with Crippen LogP contribution in [0, 0.1) is 0 Å². The van der Waals surface area contributed by atoms with Crippen LogP contribution in [0.3, 0.4) is 0 Å². The summed E-state index contributed by atoms with van der Waals surface area (Å²) in [6.45, 7) is 4.13. The Bertz CT molecular complexity index is 1630. The third-order valence-corrected chi connectivity index (χ3v) is 8.97. The van der Waals surface area contributed by atoms with E-state index in [1.54, 1.807) is 24.3 Å². The first-order chi connectivity index (χ1) is 19.5. The van der Waals surface area contributed by atoms with Gasteiger partial charge in [-0.05, 0) is 59.3 Å². The third-order valence-electron chi connectivity index (χ3n) is 6.62. The molecule has 0 unspecified atom stereocenters. The van der Waals surface area contributed by atoms with E-state index in [1.807, 2.05) is 48.5 Å². The van der Waals surface area contributed by atoms with Crippen molar-refractivity contribution in [2.45, 2.75) is 46.3 Å². The molecule has 0 amide bonds. The van der Waals surface area contributed by atoms with E-state index in [9.17, 15) is 20.7 Å². The van der Waals surface area contributed by atoms with Gasteiger partial charge in [-0.25, -0.2) is 0 Å². The molecule has 0 fully saturated rings. The molecule has 0 bridgehead atoms. The second-order valence-electron chi connectivity index (χ2n) is 8.89. The molecule has 196 valence electrons. The Morgan fingerprint density at radius 2 is 1.00 bits per heavy atom. The Morgan fingerprint density at radius 3 is 1.32 bits per heavy atom. The highest BCUT2D eigenvalue weighted by atomic mass is 32.2. The molecule has 1 aliphatic rings. The summed E-state index contributed by atoms with van der Waals surface area (Å²) in [5.74, 6) is -0.928. The van der Waals surface area contributed by atoms with E-state index in [4.69, 9.17) is 0 Å². The zero-order valence-electron chi connectivity index (χ0n) is 21.7. The molecule has 0 aromatic heterocycles. The van der Waals surface area contributed by atoms with Gasteiger partial charge in [0.1, 0.15) is 0 Å². The average Bonchev–Trinajstić information content (AvgIpc) is 2.99. The largest absolute Gasteiger partial charge is 0.289 e. The topological polar surface area (TPSA) is 132 Å². The number of carbonyl (C=O) groups excluding carboxylic acids is 2. The molecule has 0 saturated heterocycles. The van der Waals surface area contributed by atoms with Crippen molar-refractivity contribution in [3.8, 4) is 0 Å². The molecule has 0 radical (unpaired) electrons. The lowest BCUT2D eigenvalue weighted by molar-refractivity contribution is 0.0979. The van der Waals surface area contributed by atoms with Crippen LogP contribution in [0.1, 0.15) is 56.8 Å². The molecule has 4 aromatic carbocycles. The second kappa shape index (κ2) is 11.7. The van der Waals surface area contributed by atoms with Crippen molar-refractivity contribution >= 4 is 46.5 Å². The maximum absolute atomic E-state index is 13.8. The molecule has 5 rings (SSSR count). The summed E-state index contributed by atoms with van der Waals surface area (Å²) < 4.78 is 0. The molecule has 0 spiro atoms. The summed E-state index contributed by atoms with van der Waals surface area (Å²) in [5.41, 5.74) is 21.9. The fraction of sp³-hybridized carbons (Fsp3) is 0.133. The van der Waals surface area contributed by atoms with Crippen LogP contribution in [0.2, 0.25) is 0 Å². The van der Waals surface area contributed by atoms with Crippen LogP contribution in [0.5, 0.6) is 0 Å². The fourth-order valence-corrected chi connectivity index (χ4v) is 6.68. The van der Waals surface area contributed by atoms with Gasteiger partial charge in [0.25, 0.3) is 0 Å². The number of carbonyl (C=O) groups is 2. The molecule has 10 heteroatoms. The smallest absolute Gasteiger partial charge is 0.195 e. The maximum Gasteiger partial charge on any atom is 0.195 e. The SMILES string of the molecule is CCc1ccc(Sc2c(N=[N+]=[N-])c3c(c(N=[N+]=[N-])c2Sc2ccc(CC)cc2)C(=O)c2ccccc2C3=O)cc1. The summed E-state index contributed by atoms with van der Waals surface area (Å²) in [6, 6.07) is 22.3. The predicted molar refractivity (Wildman–Crippen MR) is 157 cm³/mol. The molecule has 40 heavy (non-hydrogen) atoms. The zero-order valence-corrected chi connectivity index (χ0v) is 23.3. The molecule has 0 heterocycles. The van der Waals surface area contributed by atoms with Crippen LogP contribution < -0.4 is 0 Å². The lowest BCUT2D eigenvalue weighted by Crippen LogP contribution is -2.21. The molecule has 0 atom stereocenters. The lowest BCUT2D eigenvalue weighted by Gasteiger charge is -2.25. The van der Waals surface area contributed by atoms with Gasteiger partial charge >= 0.3 is 0 Å². The van der Waals surface area contributed by atoms with Crippen LogP contribution in [0.15, 0.2) is 103 Å². The van der Waals surface area contributed by atoms with Crippen molar-refractivity contribution in [1.82, 2.24) is 0 Å². The monoisotopic (exact) mass is 562 g/mol. The number of ketones is 2. The van der Waals surface area contributed by atoms with Crippen molar-refractivity contribution < 1.29 is 9.59 Å². The first-order valence-electron chi connectivity index (χ1n) is 12.6. The summed E-state index contributed by atoms with van der Waals surface area (Å²) in [4.78, 5) is 36.3. The van der Waals surface area contributed by atoms with Crippen molar-refractivity contribution in [2.75, 3.05) is 0 Å². The quantitative estimate of drug-likeness (QED) is 0.106. The summed E-state index contributed by atoms with van der Waals surface area (Å²) >= 11 is 2.58. The molecule has 8 nitrogen and oxygen atoms in total. The molecule has 1 aliphatic carbocycles. The van der Waals surface area contributed by atoms with Gasteiger partial charge in [-0.2, -0.15) is 0 Å². The van der Waals surface area contributed by atoms with Gasteiger partial charge in [-0.15, -0.1) is 0 Å². The molecule has 4 aromatic rings. The van der Waals surface area contributed by atoms with Gasteiger partial charge < -0.3 is 0 Å². The molecular weight excluding hydrogens is 541 g/mol. The van der Waals surface area contributed by atoms with Gasteiger partial charge in [0.05, 0.1) is 11.4 Å². The van der Waals surface area contributed by atoms with E-state index in [-0.39, 0.29) is 33.6 Å². The van der Waals surface area contributed by atoms with Crippen molar-refractivity contribution in [2.24, 2.45) is 10.2 Å². The van der Waals surface area contributed by atoms with Crippen LogP contribution in [-0.2, 0) is 12.8 Å². The highest BCUT2D eigenvalue weighted by molar-refractivity contribution is 8.02. The minimum atomic E-state index is -0.464. The van der Waals surface area contributed by atoms with Gasteiger partial charge in [0.2, 0.25) is 0 Å². The molecule has 0 aliphatic heterocycles. The standard InChI is InChI=1S/C30H22N6O2S2/c1-3-17-9-13-19(14-10-17)39-29-25(33-35-31)23-24(28(38)22-8-6-5-7-21(22)27(23)37)26(34-36-32)30(29)40-20-15-11-18(4-2)12-16-20/h5-16H,3-4H2,1-2H3. The number of benzene rings is 4. The van der Waals surface area contributed by atoms with Gasteiger partial charge in [-0.3, -0.25) is 9.59 Å². The van der Waals surface area contributed by atoms with Crippen molar-refractivity contribution in [3.63, 3.8) is 0 Å². The molecule has 0 N–H and O–H groups in total. The molecule has 0 saturated carbocycles. The predicted octanol–water partition coefficient (Wildman–Crippen LogP) is 9.77. The first-order valence-corrected chi connectivity index (χ1v) is 14.2. The number of rotatable bonds is 8. The van der Waals surface area contributed by atoms with Crippen LogP contribution in [0.25, 0.3) is 20.9 Å². The number of azide groups is 2. The normalized spacial score (nSPS) is 11.8. The van der Waals surface area contributed by atoms with E-state index >= 15 is 0 Å². The highest BCUT2D eigenvalue weighted by Gasteiger charge is 2.37. The average molecular weight is 563 g/mol. The summed E-state index contributed by atoms with van der Waals surface area (Å²) in [5, 5.41) is 7.95. The van der Waals surface area contributed by atoms with Gasteiger partial charge in [-0.1, -0.05) is 96.1 Å². The second-order valence-corrected chi connectivity index (χ2v) is 11.1. The summed E-state index contributed by atoms with van der Waals surface area (Å²) in [6.07, 6.45) is 1.75. The maximum atomic E-state index is 13.8. The minimum Gasteiger partial charge on any atom is -0.289 e. The van der Waals surface area contributed by atoms with E-state index in [0.29, 0.717) is 9.79 Å². The van der Waals surface area contributed by atoms with Gasteiger partial charge in [0, 0.05) is 51.7 Å². The zero-order chi connectivity index (χ0) is 28.2. The van der Waals surface area contributed by atoms with E-state index in [2.05, 4.69) is 33.9 Å². The van der Waals surface area contributed by atoms with Gasteiger partial charge in [0.15, 0.2) is 11.6 Å². The van der Waals surface area contributed by atoms with E-state index < -0.39 is 11.6 Å². The number of fused-ring (bicyclic) bond motifs is 2. The van der Waals surface area contributed by atoms with E-state index in [0.717, 1.165) is 33.8 Å². The highest BCUT2D eigenvalue weighted by Crippen LogP contribution is 2.54. The Labute approximate surface area is 239 Å². The van der Waals surface area contributed by atoms with Crippen LogP contribution in [-0.4, -0.2) is 11.6 Å². The van der Waals surface area contributed by atoms with E-state index in [1.165, 1.54) is 23.5 Å². The Morgan fingerprint density at radius 1 is 0.625 bits per heavy atom. The Hall–Kier alpha value is -4.46. The number of aryl methyl sites for hydroxylation is 2. The third kappa shape index (κ3) is 4.97. The minimum absolute atomic E-state index is 0.0412. The summed E-state index contributed by atoms with van der Waals surface area (Å²) in [7, 11) is 0. The van der Waals surface area contributed by atoms with Crippen molar-refractivity contribution in [1.29, 1.82) is 0 Å². The number of hydrogen-bond donors (Lipinski definition) is 0. The fourth-order valence-electron chi connectivity index (χ4n) is 4.56. The van der Waals surface area contributed by atoms with Crippen LogP contribution >= 0.6 is 23.5 Å². The van der Waals surface area contributed by atoms with Crippen LogP contribution in [0.4, 0.5) is 11.4 Å². The number of hydrogen-bond acceptors (Lipinski definition) is 6. The van der Waals surface area contributed by atoms with Crippen molar-refractivity contribution in [3.05, 3.63) is 127 Å². The first kappa shape index (κ1) is 27.1. The Balaban J connectivity index is 1.84. The number of nitrogens with zero attached hydrogens (tertiary/aromatic N) is 6. The Kier molecular flexibility index (Phi) is 7.96. The molecular formula is C30H22N6O2S2. The lowest BCUT2D eigenvalue weighted by atomic mass is 9.82.